The molecule has 0 spiro atoms. The minimum Gasteiger partial charge on any atom is -0.300 e. The highest BCUT2D eigenvalue weighted by Crippen LogP contribution is 2.22. The summed E-state index contributed by atoms with van der Waals surface area (Å²) in [5.74, 6) is 0.537. The van der Waals surface area contributed by atoms with Crippen LogP contribution in [0.2, 0.25) is 0 Å². The van der Waals surface area contributed by atoms with Crippen molar-refractivity contribution < 1.29 is 8.42 Å². The summed E-state index contributed by atoms with van der Waals surface area (Å²) in [6, 6.07) is 2.57. The Morgan fingerprint density at radius 3 is 2.63 bits per heavy atom. The molecule has 1 aliphatic rings. The molecule has 5 nitrogen and oxygen atoms in total. The van der Waals surface area contributed by atoms with E-state index < -0.39 is 15.4 Å². The maximum atomic E-state index is 11.5. The summed E-state index contributed by atoms with van der Waals surface area (Å²) in [6.45, 7) is 6.68. The van der Waals surface area contributed by atoms with Gasteiger partial charge in [0.1, 0.15) is 5.54 Å². The number of rotatable bonds is 6. The smallest absolute Gasteiger partial charge is 0.151 e. The maximum Gasteiger partial charge on any atom is 0.151 e. The van der Waals surface area contributed by atoms with Crippen LogP contribution in [0.1, 0.15) is 33.6 Å². The third-order valence-electron chi connectivity index (χ3n) is 4.00. The molecule has 0 saturated carbocycles. The standard InChI is InChI=1S/C13H25N3O2S/c1-5-15-13(3,10-14)8-11(2)16(4)12-6-7-19(17,18)9-12/h11-12,15H,5-9H2,1-4H3. The van der Waals surface area contributed by atoms with E-state index in [1.165, 1.54) is 0 Å². The fourth-order valence-electron chi connectivity index (χ4n) is 2.74. The Labute approximate surface area is 116 Å². The number of sulfone groups is 1. The van der Waals surface area contributed by atoms with Crippen molar-refractivity contribution in [2.45, 2.75) is 51.2 Å². The topological polar surface area (TPSA) is 73.2 Å². The number of nitrogens with one attached hydrogen (secondary N) is 1. The predicted molar refractivity (Wildman–Crippen MR) is 76.6 cm³/mol. The largest absolute Gasteiger partial charge is 0.300 e. The molecule has 3 atom stereocenters. The van der Waals surface area contributed by atoms with E-state index in [-0.39, 0.29) is 23.6 Å². The van der Waals surface area contributed by atoms with Crippen LogP contribution in [0, 0.1) is 11.3 Å². The summed E-state index contributed by atoms with van der Waals surface area (Å²) in [7, 11) is -0.898. The lowest BCUT2D eigenvalue weighted by Gasteiger charge is -2.34. The molecular formula is C13H25N3O2S. The van der Waals surface area contributed by atoms with Gasteiger partial charge in [0.2, 0.25) is 0 Å². The molecule has 1 fully saturated rings. The zero-order valence-electron chi connectivity index (χ0n) is 12.3. The Morgan fingerprint density at radius 2 is 2.21 bits per heavy atom. The van der Waals surface area contributed by atoms with Crippen LogP contribution in [0.3, 0.4) is 0 Å². The van der Waals surface area contributed by atoms with Crippen LogP contribution in [0.5, 0.6) is 0 Å². The predicted octanol–water partition coefficient (Wildman–Crippen LogP) is 0.776. The summed E-state index contributed by atoms with van der Waals surface area (Å²) < 4.78 is 23.0. The molecule has 110 valence electrons. The van der Waals surface area contributed by atoms with Crippen molar-refractivity contribution in [2.24, 2.45) is 0 Å². The lowest BCUT2D eigenvalue weighted by Crippen LogP contribution is -2.48. The van der Waals surface area contributed by atoms with Crippen LogP contribution < -0.4 is 5.32 Å². The molecule has 0 radical (unpaired) electrons. The summed E-state index contributed by atoms with van der Waals surface area (Å²) in [5, 5.41) is 12.5. The molecule has 1 heterocycles. The molecule has 19 heavy (non-hydrogen) atoms. The van der Waals surface area contributed by atoms with Crippen LogP contribution in [0.25, 0.3) is 0 Å². The molecule has 0 amide bonds. The molecule has 6 heteroatoms. The molecule has 1 N–H and O–H groups in total. The molecule has 0 bridgehead atoms. The van der Waals surface area contributed by atoms with E-state index in [4.69, 9.17) is 0 Å². The van der Waals surface area contributed by atoms with Crippen LogP contribution in [-0.2, 0) is 9.84 Å². The van der Waals surface area contributed by atoms with E-state index in [9.17, 15) is 13.7 Å². The normalized spacial score (nSPS) is 26.8. The first-order valence-corrected chi connectivity index (χ1v) is 8.64. The van der Waals surface area contributed by atoms with Gasteiger partial charge in [-0.15, -0.1) is 0 Å². The zero-order chi connectivity index (χ0) is 14.7. The Morgan fingerprint density at radius 1 is 1.58 bits per heavy atom. The monoisotopic (exact) mass is 287 g/mol. The van der Waals surface area contributed by atoms with Crippen LogP contribution >= 0.6 is 0 Å². The first-order valence-electron chi connectivity index (χ1n) is 6.81. The highest BCUT2D eigenvalue weighted by molar-refractivity contribution is 7.91. The molecule has 1 rings (SSSR count). The van der Waals surface area contributed by atoms with Crippen molar-refractivity contribution in [2.75, 3.05) is 25.1 Å². The van der Waals surface area contributed by atoms with E-state index in [1.807, 2.05) is 20.9 Å². The first kappa shape index (κ1) is 16.4. The first-order chi connectivity index (χ1) is 8.73. The van der Waals surface area contributed by atoms with E-state index in [0.717, 1.165) is 6.54 Å². The van der Waals surface area contributed by atoms with Crippen LogP contribution in [0.15, 0.2) is 0 Å². The second kappa shape index (κ2) is 6.21. The quantitative estimate of drug-likeness (QED) is 0.781. The minimum atomic E-state index is -2.86. The van der Waals surface area contributed by atoms with E-state index in [1.54, 1.807) is 0 Å². The third kappa shape index (κ3) is 4.44. The van der Waals surface area contributed by atoms with E-state index >= 15 is 0 Å². The Bertz CT molecular complexity index is 443. The van der Waals surface area contributed by atoms with E-state index in [0.29, 0.717) is 12.8 Å². The lowest BCUT2D eigenvalue weighted by atomic mass is 9.94. The Kier molecular flexibility index (Phi) is 5.36. The summed E-state index contributed by atoms with van der Waals surface area (Å²) in [6.07, 6.45) is 1.39. The van der Waals surface area contributed by atoms with Gasteiger partial charge in [-0.1, -0.05) is 6.92 Å². The van der Waals surface area contributed by atoms with Gasteiger partial charge in [0.15, 0.2) is 9.84 Å². The highest BCUT2D eigenvalue weighted by Gasteiger charge is 2.34. The van der Waals surface area contributed by atoms with Gasteiger partial charge < -0.3 is 0 Å². The van der Waals surface area contributed by atoms with Crippen LogP contribution in [-0.4, -0.2) is 56.0 Å². The summed E-state index contributed by atoms with van der Waals surface area (Å²) in [4.78, 5) is 2.11. The van der Waals surface area contributed by atoms with Gasteiger partial charge in [-0.05, 0) is 40.3 Å². The van der Waals surface area contributed by atoms with Gasteiger partial charge in [-0.25, -0.2) is 8.42 Å². The van der Waals surface area contributed by atoms with Crippen molar-refractivity contribution in [3.63, 3.8) is 0 Å². The molecule has 0 aromatic rings. The van der Waals surface area contributed by atoms with Crippen molar-refractivity contribution in [1.82, 2.24) is 10.2 Å². The molecule has 3 unspecified atom stereocenters. The molecule has 0 aromatic carbocycles. The Hall–Kier alpha value is -0.640. The molecular weight excluding hydrogens is 262 g/mol. The van der Waals surface area contributed by atoms with Crippen molar-refractivity contribution in [3.05, 3.63) is 0 Å². The van der Waals surface area contributed by atoms with Crippen molar-refractivity contribution >= 4 is 9.84 Å². The molecule has 0 aromatic heterocycles. The molecule has 1 saturated heterocycles. The zero-order valence-corrected chi connectivity index (χ0v) is 13.1. The van der Waals surface area contributed by atoms with Gasteiger partial charge in [-0.2, -0.15) is 5.26 Å². The third-order valence-corrected chi connectivity index (χ3v) is 5.75. The molecule has 1 aliphatic heterocycles. The number of hydrogen-bond acceptors (Lipinski definition) is 5. The average molecular weight is 287 g/mol. The maximum absolute atomic E-state index is 11.5. The van der Waals surface area contributed by atoms with Gasteiger partial charge >= 0.3 is 0 Å². The minimum absolute atomic E-state index is 0.0876. The summed E-state index contributed by atoms with van der Waals surface area (Å²) >= 11 is 0. The van der Waals surface area contributed by atoms with Crippen molar-refractivity contribution in [1.29, 1.82) is 5.26 Å². The highest BCUT2D eigenvalue weighted by atomic mass is 32.2. The second-order valence-electron chi connectivity index (χ2n) is 5.75. The van der Waals surface area contributed by atoms with Gasteiger partial charge in [0.25, 0.3) is 0 Å². The number of nitrogens with zero attached hydrogens (tertiary/aromatic N) is 2. The molecule has 0 aliphatic carbocycles. The SMILES string of the molecule is CCNC(C)(C#N)CC(C)N(C)C1CCS(=O)(=O)C1. The van der Waals surface area contributed by atoms with Gasteiger partial charge in [0.05, 0.1) is 17.6 Å². The summed E-state index contributed by atoms with van der Waals surface area (Å²) in [5.41, 5.74) is -0.556. The van der Waals surface area contributed by atoms with Gasteiger partial charge in [0, 0.05) is 12.1 Å². The fourth-order valence-corrected chi connectivity index (χ4v) is 4.52. The van der Waals surface area contributed by atoms with Gasteiger partial charge in [-0.3, -0.25) is 10.2 Å². The number of nitriles is 1. The van der Waals surface area contributed by atoms with Crippen LogP contribution in [0.4, 0.5) is 0 Å². The van der Waals surface area contributed by atoms with Crippen molar-refractivity contribution in [3.8, 4) is 6.07 Å². The Balaban J connectivity index is 2.63. The number of hydrogen-bond donors (Lipinski definition) is 1. The fraction of sp³-hybridized carbons (Fsp3) is 0.923. The second-order valence-corrected chi connectivity index (χ2v) is 7.98. The van der Waals surface area contributed by atoms with E-state index in [2.05, 4.69) is 23.2 Å². The lowest BCUT2D eigenvalue weighted by molar-refractivity contribution is 0.169. The average Bonchev–Trinajstić information content (AvgIpc) is 2.69.